The van der Waals surface area contributed by atoms with Crippen molar-refractivity contribution in [2.45, 2.75) is 32.2 Å². The van der Waals surface area contributed by atoms with Gasteiger partial charge in [0.1, 0.15) is 0 Å². The number of hydrogen-bond acceptors (Lipinski definition) is 5. The molecule has 1 atom stereocenters. The van der Waals surface area contributed by atoms with E-state index in [9.17, 15) is 9.59 Å². The summed E-state index contributed by atoms with van der Waals surface area (Å²) in [5.41, 5.74) is 9.36. The van der Waals surface area contributed by atoms with Crippen LogP contribution in [0.1, 0.15) is 45.2 Å². The average molecular weight is 339 g/mol. The Morgan fingerprint density at radius 2 is 2.24 bits per heavy atom. The zero-order chi connectivity index (χ0) is 17.8. The predicted octanol–water partition coefficient (Wildman–Crippen LogP) is 2.36. The molecule has 130 valence electrons. The van der Waals surface area contributed by atoms with Gasteiger partial charge in [-0.1, -0.05) is 6.07 Å². The van der Waals surface area contributed by atoms with Crippen LogP contribution in [0.15, 0.2) is 30.5 Å². The van der Waals surface area contributed by atoms with Crippen LogP contribution in [-0.2, 0) is 12.8 Å². The highest BCUT2D eigenvalue weighted by Gasteiger charge is 2.22. The van der Waals surface area contributed by atoms with Crippen molar-refractivity contribution < 1.29 is 14.3 Å². The van der Waals surface area contributed by atoms with Crippen molar-refractivity contribution in [3.05, 3.63) is 52.7 Å². The first-order valence-electron chi connectivity index (χ1n) is 8.38. The zero-order valence-electron chi connectivity index (χ0n) is 14.1. The fourth-order valence-corrected chi connectivity index (χ4v) is 3.13. The molecule has 0 bridgehead atoms. The fraction of sp³-hybridized carbons (Fsp3) is 0.316. The first-order valence-corrected chi connectivity index (χ1v) is 8.38. The molecule has 1 aromatic carbocycles. The van der Waals surface area contributed by atoms with E-state index in [1.807, 2.05) is 13.0 Å². The molecule has 0 saturated carbocycles. The molecule has 0 spiro atoms. The summed E-state index contributed by atoms with van der Waals surface area (Å²) in [4.78, 5) is 28.3. The molecule has 0 fully saturated rings. The van der Waals surface area contributed by atoms with Crippen molar-refractivity contribution in [1.29, 1.82) is 0 Å². The number of rotatable bonds is 5. The summed E-state index contributed by atoms with van der Waals surface area (Å²) >= 11 is 0. The number of aromatic nitrogens is 1. The zero-order valence-corrected chi connectivity index (χ0v) is 14.1. The van der Waals surface area contributed by atoms with Gasteiger partial charge in [0.25, 0.3) is 5.91 Å². The molecule has 1 amide bonds. The van der Waals surface area contributed by atoms with Crippen LogP contribution in [0.4, 0.5) is 5.69 Å². The van der Waals surface area contributed by atoms with Crippen LogP contribution in [0.3, 0.4) is 0 Å². The van der Waals surface area contributed by atoms with Crippen LogP contribution >= 0.6 is 0 Å². The van der Waals surface area contributed by atoms with Crippen molar-refractivity contribution in [3.8, 4) is 5.88 Å². The second kappa shape index (κ2) is 7.44. The molecular formula is C19H21N3O3. The minimum atomic E-state index is -0.328. The fourth-order valence-electron chi connectivity index (χ4n) is 3.13. The van der Waals surface area contributed by atoms with E-state index in [4.69, 9.17) is 10.5 Å². The quantitative estimate of drug-likeness (QED) is 0.816. The van der Waals surface area contributed by atoms with Gasteiger partial charge in [-0.05, 0) is 49.4 Å². The number of ether oxygens (including phenoxy) is 1. The van der Waals surface area contributed by atoms with Gasteiger partial charge in [-0.2, -0.15) is 0 Å². The Bertz CT molecular complexity index is 787. The van der Waals surface area contributed by atoms with Gasteiger partial charge in [-0.25, -0.2) is 4.98 Å². The summed E-state index contributed by atoms with van der Waals surface area (Å²) in [7, 11) is 0. The third-order valence-corrected chi connectivity index (χ3v) is 4.35. The van der Waals surface area contributed by atoms with Crippen LogP contribution < -0.4 is 15.8 Å². The number of carbonyl (C=O) groups is 2. The third kappa shape index (κ3) is 3.69. The number of anilines is 1. The molecule has 25 heavy (non-hydrogen) atoms. The Balaban J connectivity index is 1.83. The van der Waals surface area contributed by atoms with Gasteiger partial charge < -0.3 is 15.8 Å². The maximum atomic E-state index is 12.6. The number of nitrogens with two attached hydrogens (primary N) is 1. The van der Waals surface area contributed by atoms with Gasteiger partial charge >= 0.3 is 0 Å². The topological polar surface area (TPSA) is 94.3 Å². The van der Waals surface area contributed by atoms with E-state index in [1.165, 1.54) is 6.20 Å². The molecule has 0 radical (unpaired) electrons. The van der Waals surface area contributed by atoms with Gasteiger partial charge in [0.2, 0.25) is 5.88 Å². The lowest BCUT2D eigenvalue weighted by Gasteiger charge is -2.23. The number of carbonyl (C=O) groups excluding carboxylic acids is 2. The van der Waals surface area contributed by atoms with Gasteiger partial charge in [0.05, 0.1) is 24.1 Å². The Labute approximate surface area is 146 Å². The molecular weight excluding hydrogens is 318 g/mol. The van der Waals surface area contributed by atoms with Crippen molar-refractivity contribution in [3.63, 3.8) is 0 Å². The molecule has 0 aliphatic heterocycles. The number of nitrogens with zero attached hydrogens (tertiary/aromatic N) is 1. The average Bonchev–Trinajstić information content (AvgIpc) is 2.62. The van der Waals surface area contributed by atoms with Crippen molar-refractivity contribution in [1.82, 2.24) is 4.98 Å². The monoisotopic (exact) mass is 339 g/mol. The Kier molecular flexibility index (Phi) is 5.09. The molecule has 1 heterocycles. The maximum Gasteiger partial charge on any atom is 0.256 e. The van der Waals surface area contributed by atoms with Gasteiger partial charge in [-0.15, -0.1) is 0 Å². The molecule has 3 rings (SSSR count). The molecule has 0 saturated heterocycles. The molecule has 6 nitrogen and oxygen atoms in total. The highest BCUT2D eigenvalue weighted by Crippen LogP contribution is 2.26. The standard InChI is InChI=1S/C19H21N3O3/c1-2-25-18-8-5-14(10-21-18)22-19(24)16-6-3-12-9-13(20)4-7-15(12)17(16)11-23/h3,5-6,8,10-11,13H,2,4,7,9,20H2,1H3,(H,22,24). The molecule has 1 aliphatic carbocycles. The second-order valence-corrected chi connectivity index (χ2v) is 6.06. The minimum Gasteiger partial charge on any atom is -0.478 e. The van der Waals surface area contributed by atoms with Crippen LogP contribution in [0.2, 0.25) is 0 Å². The number of nitrogens with one attached hydrogen (secondary N) is 1. The molecule has 1 aromatic heterocycles. The summed E-state index contributed by atoms with van der Waals surface area (Å²) in [6, 6.07) is 7.11. The molecule has 3 N–H and O–H groups in total. The molecule has 6 heteroatoms. The molecule has 1 aliphatic rings. The maximum absolute atomic E-state index is 12.6. The van der Waals surface area contributed by atoms with E-state index in [0.717, 1.165) is 36.7 Å². The number of benzene rings is 1. The summed E-state index contributed by atoms with van der Waals surface area (Å²) in [6.07, 6.45) is 4.57. The first kappa shape index (κ1) is 17.1. The van der Waals surface area contributed by atoms with Crippen molar-refractivity contribution in [2.24, 2.45) is 5.73 Å². The van der Waals surface area contributed by atoms with Gasteiger partial charge in [-0.3, -0.25) is 9.59 Å². The molecule has 1 unspecified atom stereocenters. The first-order chi connectivity index (χ1) is 12.1. The van der Waals surface area contributed by atoms with Crippen molar-refractivity contribution >= 4 is 17.9 Å². The number of pyridine rings is 1. The summed E-state index contributed by atoms with van der Waals surface area (Å²) < 4.78 is 5.28. The summed E-state index contributed by atoms with van der Waals surface area (Å²) in [6.45, 7) is 2.40. The lowest BCUT2D eigenvalue weighted by molar-refractivity contribution is 0.101. The van der Waals surface area contributed by atoms with Gasteiger partial charge in [0, 0.05) is 17.7 Å². The number of fused-ring (bicyclic) bond motifs is 1. The van der Waals surface area contributed by atoms with E-state index in [-0.39, 0.29) is 11.9 Å². The normalized spacial score (nSPS) is 16.0. The summed E-state index contributed by atoms with van der Waals surface area (Å²) in [5, 5.41) is 2.78. The van der Waals surface area contributed by atoms with E-state index >= 15 is 0 Å². The Hall–Kier alpha value is -2.73. The predicted molar refractivity (Wildman–Crippen MR) is 95.2 cm³/mol. The summed E-state index contributed by atoms with van der Waals surface area (Å²) in [5.74, 6) is 0.171. The van der Waals surface area contributed by atoms with Crippen LogP contribution in [0.25, 0.3) is 0 Å². The largest absolute Gasteiger partial charge is 0.478 e. The van der Waals surface area contributed by atoms with E-state index in [1.54, 1.807) is 18.2 Å². The second-order valence-electron chi connectivity index (χ2n) is 6.06. The van der Waals surface area contributed by atoms with Crippen LogP contribution in [0, 0.1) is 0 Å². The number of amides is 1. The van der Waals surface area contributed by atoms with Gasteiger partial charge in [0.15, 0.2) is 6.29 Å². The van der Waals surface area contributed by atoms with Crippen LogP contribution in [0.5, 0.6) is 5.88 Å². The lowest BCUT2D eigenvalue weighted by Crippen LogP contribution is -2.29. The highest BCUT2D eigenvalue weighted by atomic mass is 16.5. The number of hydrogen-bond donors (Lipinski definition) is 2. The lowest BCUT2D eigenvalue weighted by atomic mass is 9.84. The Morgan fingerprint density at radius 3 is 2.92 bits per heavy atom. The number of aldehydes is 1. The highest BCUT2D eigenvalue weighted by molar-refractivity contribution is 6.09. The van der Waals surface area contributed by atoms with E-state index in [0.29, 0.717) is 29.3 Å². The third-order valence-electron chi connectivity index (χ3n) is 4.35. The minimum absolute atomic E-state index is 0.113. The molecule has 2 aromatic rings. The van der Waals surface area contributed by atoms with Crippen LogP contribution in [-0.4, -0.2) is 29.8 Å². The SMILES string of the molecule is CCOc1ccc(NC(=O)c2ccc3c(c2C=O)CCC(N)C3)cn1. The smallest absolute Gasteiger partial charge is 0.256 e. The van der Waals surface area contributed by atoms with E-state index < -0.39 is 0 Å². The Morgan fingerprint density at radius 1 is 1.40 bits per heavy atom. The van der Waals surface area contributed by atoms with E-state index in [2.05, 4.69) is 10.3 Å². The van der Waals surface area contributed by atoms with Crippen molar-refractivity contribution in [2.75, 3.05) is 11.9 Å².